The van der Waals surface area contributed by atoms with Crippen LogP contribution in [0.25, 0.3) is 0 Å². The summed E-state index contributed by atoms with van der Waals surface area (Å²) in [7, 11) is 0. The fourth-order valence-corrected chi connectivity index (χ4v) is 1.86. The molecule has 0 aliphatic carbocycles. The number of thiocarbonyl (C=S) groups is 1. The molecule has 20 heavy (non-hydrogen) atoms. The molecule has 0 aromatic heterocycles. The molecule has 0 radical (unpaired) electrons. The van der Waals surface area contributed by atoms with E-state index in [1.807, 2.05) is 13.8 Å². The van der Waals surface area contributed by atoms with Crippen LogP contribution in [0.2, 0.25) is 5.02 Å². The zero-order valence-electron chi connectivity index (χ0n) is 11.0. The number of hydrogen-bond acceptors (Lipinski definition) is 4. The van der Waals surface area contributed by atoms with E-state index in [0.717, 1.165) is 0 Å². The maximum atomic E-state index is 11.5. The van der Waals surface area contributed by atoms with Crippen LogP contribution >= 0.6 is 23.8 Å². The molecule has 1 aromatic carbocycles. The van der Waals surface area contributed by atoms with E-state index in [-0.39, 0.29) is 27.6 Å². The molecule has 0 heterocycles. The first-order valence-electron chi connectivity index (χ1n) is 5.84. The van der Waals surface area contributed by atoms with Crippen molar-refractivity contribution < 1.29 is 9.72 Å². The summed E-state index contributed by atoms with van der Waals surface area (Å²) in [5, 5.41) is 16.1. The molecule has 0 aliphatic heterocycles. The van der Waals surface area contributed by atoms with Crippen LogP contribution in [0.5, 0.6) is 0 Å². The summed E-state index contributed by atoms with van der Waals surface area (Å²) in [6.45, 7) is 3.83. The number of anilines is 1. The molecule has 0 aliphatic rings. The van der Waals surface area contributed by atoms with Crippen LogP contribution in [0, 0.1) is 16.0 Å². The highest BCUT2D eigenvalue weighted by Crippen LogP contribution is 2.27. The lowest BCUT2D eigenvalue weighted by molar-refractivity contribution is -0.384. The Balaban J connectivity index is 2.69. The molecular formula is C12H14ClN3O3S. The quantitative estimate of drug-likeness (QED) is 0.506. The Labute approximate surface area is 126 Å². The van der Waals surface area contributed by atoms with Gasteiger partial charge in [-0.2, -0.15) is 0 Å². The van der Waals surface area contributed by atoms with Gasteiger partial charge in [-0.1, -0.05) is 25.4 Å². The van der Waals surface area contributed by atoms with Crippen molar-refractivity contribution in [1.29, 1.82) is 0 Å². The molecule has 0 saturated carbocycles. The third-order valence-electron chi connectivity index (χ3n) is 2.25. The Morgan fingerprint density at radius 2 is 2.15 bits per heavy atom. The lowest BCUT2D eigenvalue weighted by atomic mass is 10.1. The van der Waals surface area contributed by atoms with Gasteiger partial charge in [0.2, 0.25) is 5.91 Å². The lowest BCUT2D eigenvalue weighted by Crippen LogP contribution is -2.34. The van der Waals surface area contributed by atoms with E-state index in [1.165, 1.54) is 18.2 Å². The molecule has 0 unspecified atom stereocenters. The van der Waals surface area contributed by atoms with Crippen LogP contribution in [0.1, 0.15) is 20.3 Å². The van der Waals surface area contributed by atoms with E-state index < -0.39 is 4.92 Å². The third kappa shape index (κ3) is 5.10. The van der Waals surface area contributed by atoms with E-state index in [9.17, 15) is 14.9 Å². The van der Waals surface area contributed by atoms with Crippen LogP contribution in [0.15, 0.2) is 18.2 Å². The number of carbonyl (C=O) groups is 1. The average Bonchev–Trinajstić information content (AvgIpc) is 2.29. The minimum atomic E-state index is -0.589. The zero-order valence-corrected chi connectivity index (χ0v) is 12.5. The number of nitro benzene ring substituents is 1. The van der Waals surface area contributed by atoms with Gasteiger partial charge in [0.15, 0.2) is 5.11 Å². The van der Waals surface area contributed by atoms with E-state index in [2.05, 4.69) is 10.6 Å². The number of nitro groups is 1. The van der Waals surface area contributed by atoms with Gasteiger partial charge in [-0.3, -0.25) is 14.9 Å². The van der Waals surface area contributed by atoms with Crippen LogP contribution < -0.4 is 10.6 Å². The fourth-order valence-electron chi connectivity index (χ4n) is 1.44. The van der Waals surface area contributed by atoms with E-state index in [4.69, 9.17) is 23.8 Å². The van der Waals surface area contributed by atoms with Crippen molar-refractivity contribution in [2.24, 2.45) is 5.92 Å². The molecule has 6 nitrogen and oxygen atoms in total. The summed E-state index contributed by atoms with van der Waals surface area (Å²) < 4.78 is 0. The minimum absolute atomic E-state index is 0.0373. The second kappa shape index (κ2) is 7.16. The van der Waals surface area contributed by atoms with Crippen molar-refractivity contribution in [1.82, 2.24) is 5.32 Å². The van der Waals surface area contributed by atoms with Crippen LogP contribution in [0.3, 0.4) is 0 Å². The molecule has 1 rings (SSSR count). The second-order valence-corrected chi connectivity index (χ2v) is 5.34. The van der Waals surface area contributed by atoms with Gasteiger partial charge in [0.1, 0.15) is 5.02 Å². The molecule has 0 fully saturated rings. The zero-order chi connectivity index (χ0) is 15.3. The maximum absolute atomic E-state index is 11.5. The molecule has 2 N–H and O–H groups in total. The standard InChI is InChI=1S/C12H14ClN3O3S/c1-7(2)5-11(17)15-12(20)14-8-3-4-9(13)10(6-8)16(18)19/h3-4,6-7H,5H2,1-2H3,(H2,14,15,17,20). The second-order valence-electron chi connectivity index (χ2n) is 4.52. The number of benzene rings is 1. The number of hydrogen-bond donors (Lipinski definition) is 2. The summed E-state index contributed by atoms with van der Waals surface area (Å²) in [5.74, 6) is 0.00961. The van der Waals surface area contributed by atoms with Crippen molar-refractivity contribution in [2.75, 3.05) is 5.32 Å². The van der Waals surface area contributed by atoms with Crippen molar-refractivity contribution in [3.05, 3.63) is 33.3 Å². The highest BCUT2D eigenvalue weighted by molar-refractivity contribution is 7.80. The van der Waals surface area contributed by atoms with Gasteiger partial charge in [-0.15, -0.1) is 0 Å². The number of carbonyl (C=O) groups excluding carboxylic acids is 1. The minimum Gasteiger partial charge on any atom is -0.332 e. The average molecular weight is 316 g/mol. The van der Waals surface area contributed by atoms with Gasteiger partial charge in [0.05, 0.1) is 4.92 Å². The number of rotatable bonds is 4. The highest BCUT2D eigenvalue weighted by Gasteiger charge is 2.14. The van der Waals surface area contributed by atoms with E-state index in [1.54, 1.807) is 0 Å². The van der Waals surface area contributed by atoms with Gasteiger partial charge >= 0.3 is 0 Å². The van der Waals surface area contributed by atoms with Crippen molar-refractivity contribution >= 4 is 46.2 Å². The predicted octanol–water partition coefficient (Wildman–Crippen LogP) is 3.11. The topological polar surface area (TPSA) is 84.3 Å². The Morgan fingerprint density at radius 3 is 2.70 bits per heavy atom. The van der Waals surface area contributed by atoms with Gasteiger partial charge in [-0.25, -0.2) is 0 Å². The largest absolute Gasteiger partial charge is 0.332 e. The number of nitrogens with one attached hydrogen (secondary N) is 2. The smallest absolute Gasteiger partial charge is 0.289 e. The van der Waals surface area contributed by atoms with Gasteiger partial charge in [0.25, 0.3) is 5.69 Å². The third-order valence-corrected chi connectivity index (χ3v) is 2.77. The van der Waals surface area contributed by atoms with E-state index in [0.29, 0.717) is 12.1 Å². The Morgan fingerprint density at radius 1 is 1.50 bits per heavy atom. The number of nitrogens with zero attached hydrogens (tertiary/aromatic N) is 1. The molecule has 0 bridgehead atoms. The van der Waals surface area contributed by atoms with Gasteiger partial charge in [-0.05, 0) is 30.3 Å². The predicted molar refractivity (Wildman–Crippen MR) is 81.9 cm³/mol. The SMILES string of the molecule is CC(C)CC(=O)NC(=S)Nc1ccc(Cl)c([N+](=O)[O-])c1. The van der Waals surface area contributed by atoms with Crippen molar-refractivity contribution in [2.45, 2.75) is 20.3 Å². The molecule has 8 heteroatoms. The highest BCUT2D eigenvalue weighted by atomic mass is 35.5. The Hall–Kier alpha value is -1.73. The van der Waals surface area contributed by atoms with Crippen molar-refractivity contribution in [3.63, 3.8) is 0 Å². The van der Waals surface area contributed by atoms with Crippen LogP contribution in [-0.4, -0.2) is 15.9 Å². The normalized spacial score (nSPS) is 10.2. The molecular weight excluding hydrogens is 302 g/mol. The first kappa shape index (κ1) is 16.3. The summed E-state index contributed by atoms with van der Waals surface area (Å²) in [6, 6.07) is 4.18. The Bertz CT molecular complexity index is 549. The first-order valence-corrected chi connectivity index (χ1v) is 6.63. The summed E-state index contributed by atoms with van der Waals surface area (Å²) in [5.41, 5.74) is 0.156. The molecule has 0 atom stereocenters. The van der Waals surface area contributed by atoms with Gasteiger partial charge < -0.3 is 10.6 Å². The first-order chi connectivity index (χ1) is 9.29. The summed E-state index contributed by atoms with van der Waals surface area (Å²) in [4.78, 5) is 21.7. The van der Waals surface area contributed by atoms with Gasteiger partial charge in [0, 0.05) is 18.2 Å². The van der Waals surface area contributed by atoms with Crippen LogP contribution in [0.4, 0.5) is 11.4 Å². The van der Waals surface area contributed by atoms with Crippen molar-refractivity contribution in [3.8, 4) is 0 Å². The molecule has 0 saturated heterocycles. The molecule has 1 amide bonds. The number of amides is 1. The van der Waals surface area contributed by atoms with E-state index >= 15 is 0 Å². The number of halogens is 1. The Kier molecular flexibility index (Phi) is 5.84. The monoisotopic (exact) mass is 315 g/mol. The maximum Gasteiger partial charge on any atom is 0.289 e. The molecule has 1 aromatic rings. The van der Waals surface area contributed by atoms with Crippen LogP contribution in [-0.2, 0) is 4.79 Å². The summed E-state index contributed by atoms with van der Waals surface area (Å²) in [6.07, 6.45) is 0.350. The lowest BCUT2D eigenvalue weighted by Gasteiger charge is -2.10. The molecule has 108 valence electrons. The summed E-state index contributed by atoms with van der Waals surface area (Å²) >= 11 is 10.7. The molecule has 0 spiro atoms. The fraction of sp³-hybridized carbons (Fsp3) is 0.333.